The number of hydrogen-bond donors (Lipinski definition) is 3. The van der Waals surface area contributed by atoms with Crippen LogP contribution in [0.1, 0.15) is 10.4 Å². The van der Waals surface area contributed by atoms with Crippen LogP contribution in [0.15, 0.2) is 29.8 Å². The average Bonchev–Trinajstić information content (AvgIpc) is 3.22. The third-order valence-corrected chi connectivity index (χ3v) is 3.79. The fourth-order valence-electron chi connectivity index (χ4n) is 1.95. The first-order chi connectivity index (χ1) is 11.2. The van der Waals surface area contributed by atoms with Crippen molar-refractivity contribution in [1.82, 2.24) is 10.3 Å². The molecule has 0 saturated heterocycles. The summed E-state index contributed by atoms with van der Waals surface area (Å²) < 4.78 is 10.4. The Balaban J connectivity index is 1.66. The molecule has 0 spiro atoms. The lowest BCUT2D eigenvalue weighted by molar-refractivity contribution is -0.118. The predicted octanol–water partition coefficient (Wildman–Crippen LogP) is 0.601. The molecule has 2 aromatic rings. The van der Waals surface area contributed by atoms with Crippen molar-refractivity contribution in [3.05, 3.63) is 35.3 Å². The van der Waals surface area contributed by atoms with Crippen molar-refractivity contribution >= 4 is 28.3 Å². The van der Waals surface area contributed by atoms with E-state index in [1.165, 1.54) is 17.4 Å². The van der Waals surface area contributed by atoms with Crippen LogP contribution in [0.5, 0.6) is 11.5 Å². The lowest BCUT2D eigenvalue weighted by Crippen LogP contribution is -2.46. The molecule has 0 radical (unpaired) electrons. The van der Waals surface area contributed by atoms with E-state index in [2.05, 4.69) is 15.6 Å². The Hall–Kier alpha value is -2.65. The smallest absolute Gasteiger partial charge is 0.252 e. The van der Waals surface area contributed by atoms with E-state index in [-0.39, 0.29) is 6.79 Å². The largest absolute Gasteiger partial charge is 0.454 e. The molecule has 0 bridgehead atoms. The summed E-state index contributed by atoms with van der Waals surface area (Å²) in [4.78, 5) is 28.2. The minimum atomic E-state index is -1.09. The fourth-order valence-corrected chi connectivity index (χ4v) is 2.48. The lowest BCUT2D eigenvalue weighted by atomic mass is 10.1. The van der Waals surface area contributed by atoms with Gasteiger partial charge in [0.05, 0.1) is 6.61 Å². The summed E-state index contributed by atoms with van der Waals surface area (Å²) in [7, 11) is 0. The quantitative estimate of drug-likeness (QED) is 0.738. The molecule has 120 valence electrons. The number of ether oxygens (including phenoxy) is 2. The highest BCUT2D eigenvalue weighted by atomic mass is 32.1. The van der Waals surface area contributed by atoms with Crippen molar-refractivity contribution in [2.75, 3.05) is 18.7 Å². The first-order valence-electron chi connectivity index (χ1n) is 6.69. The van der Waals surface area contributed by atoms with Crippen LogP contribution in [0, 0.1) is 0 Å². The van der Waals surface area contributed by atoms with Gasteiger partial charge in [0.2, 0.25) is 6.79 Å². The van der Waals surface area contributed by atoms with Gasteiger partial charge in [-0.05, 0) is 18.2 Å². The zero-order chi connectivity index (χ0) is 16.2. The van der Waals surface area contributed by atoms with Crippen molar-refractivity contribution in [3.63, 3.8) is 0 Å². The van der Waals surface area contributed by atoms with Gasteiger partial charge >= 0.3 is 0 Å². The van der Waals surface area contributed by atoms with Crippen LogP contribution in [0.3, 0.4) is 0 Å². The zero-order valence-corrected chi connectivity index (χ0v) is 12.6. The molecule has 0 unspecified atom stereocenters. The molecule has 8 nitrogen and oxygen atoms in total. The van der Waals surface area contributed by atoms with Gasteiger partial charge in [-0.3, -0.25) is 9.59 Å². The SMILES string of the molecule is O=C(N[C@@H](CO)C(=O)Nc1nccs1)c1ccc2c(c1)OCO2. The van der Waals surface area contributed by atoms with Gasteiger partial charge in [-0.15, -0.1) is 11.3 Å². The van der Waals surface area contributed by atoms with E-state index in [9.17, 15) is 14.7 Å². The summed E-state index contributed by atoms with van der Waals surface area (Å²) in [6.07, 6.45) is 1.54. The molecule has 0 aliphatic carbocycles. The number of anilines is 1. The summed E-state index contributed by atoms with van der Waals surface area (Å²) in [5.41, 5.74) is 0.301. The van der Waals surface area contributed by atoms with Gasteiger partial charge in [-0.25, -0.2) is 4.98 Å². The number of carbonyl (C=O) groups excluding carboxylic acids is 2. The highest BCUT2D eigenvalue weighted by molar-refractivity contribution is 7.13. The number of aromatic nitrogens is 1. The summed E-state index contributed by atoms with van der Waals surface area (Å²) in [6, 6.07) is 3.60. The van der Waals surface area contributed by atoms with Gasteiger partial charge in [0.1, 0.15) is 6.04 Å². The average molecular weight is 335 g/mol. The molecule has 23 heavy (non-hydrogen) atoms. The van der Waals surface area contributed by atoms with E-state index >= 15 is 0 Å². The second-order valence-corrected chi connectivity index (χ2v) is 5.50. The molecule has 1 atom stereocenters. The molecule has 0 saturated carbocycles. The Labute approximate surface area is 135 Å². The third kappa shape index (κ3) is 3.41. The van der Waals surface area contributed by atoms with E-state index in [0.717, 1.165) is 0 Å². The summed E-state index contributed by atoms with van der Waals surface area (Å²) >= 11 is 1.24. The van der Waals surface area contributed by atoms with Crippen LogP contribution in [0.25, 0.3) is 0 Å². The molecule has 3 N–H and O–H groups in total. The summed E-state index contributed by atoms with van der Waals surface area (Å²) in [5.74, 6) is -0.0274. The number of nitrogens with one attached hydrogen (secondary N) is 2. The number of benzene rings is 1. The predicted molar refractivity (Wildman–Crippen MR) is 81.6 cm³/mol. The Kier molecular flexibility index (Phi) is 4.40. The number of nitrogens with zero attached hydrogens (tertiary/aromatic N) is 1. The Morgan fingerprint density at radius 3 is 2.91 bits per heavy atom. The van der Waals surface area contributed by atoms with Crippen LogP contribution in [0.2, 0.25) is 0 Å². The minimum absolute atomic E-state index is 0.107. The van der Waals surface area contributed by atoms with Crippen molar-refractivity contribution in [1.29, 1.82) is 0 Å². The van der Waals surface area contributed by atoms with Gasteiger partial charge in [-0.1, -0.05) is 0 Å². The normalized spacial score (nSPS) is 13.4. The van der Waals surface area contributed by atoms with E-state index in [4.69, 9.17) is 9.47 Å². The third-order valence-electron chi connectivity index (χ3n) is 3.10. The lowest BCUT2D eigenvalue weighted by Gasteiger charge is -2.15. The van der Waals surface area contributed by atoms with E-state index < -0.39 is 24.5 Å². The van der Waals surface area contributed by atoms with Gasteiger partial charge in [0.25, 0.3) is 11.8 Å². The molecule has 1 aromatic heterocycles. The Morgan fingerprint density at radius 1 is 1.35 bits per heavy atom. The number of aliphatic hydroxyl groups excluding tert-OH is 1. The number of thiazole rings is 1. The molecule has 1 aromatic carbocycles. The maximum atomic E-state index is 12.2. The number of rotatable bonds is 5. The molecule has 2 amide bonds. The van der Waals surface area contributed by atoms with Crippen LogP contribution < -0.4 is 20.1 Å². The standard InChI is InChI=1S/C14H13N3O5S/c18-6-9(13(20)17-14-15-3-4-23-14)16-12(19)8-1-2-10-11(5-8)22-7-21-10/h1-5,9,18H,6-7H2,(H,16,19)(H,15,17,20)/t9-/m0/s1. The van der Waals surface area contributed by atoms with Gasteiger partial charge in [0, 0.05) is 17.1 Å². The van der Waals surface area contributed by atoms with Crippen molar-refractivity contribution in [3.8, 4) is 11.5 Å². The molecular weight excluding hydrogens is 322 g/mol. The zero-order valence-electron chi connectivity index (χ0n) is 11.8. The second-order valence-electron chi connectivity index (χ2n) is 4.60. The summed E-state index contributed by atoms with van der Waals surface area (Å²) in [6.45, 7) is -0.427. The highest BCUT2D eigenvalue weighted by Crippen LogP contribution is 2.32. The Morgan fingerprint density at radius 2 is 2.17 bits per heavy atom. The maximum Gasteiger partial charge on any atom is 0.252 e. The first-order valence-corrected chi connectivity index (χ1v) is 7.57. The molecule has 1 aliphatic heterocycles. The van der Waals surface area contributed by atoms with Crippen molar-refractivity contribution < 1.29 is 24.2 Å². The van der Waals surface area contributed by atoms with Crippen LogP contribution in [-0.4, -0.2) is 41.3 Å². The fraction of sp³-hybridized carbons (Fsp3) is 0.214. The molecular formula is C14H13N3O5S. The number of hydrogen-bond acceptors (Lipinski definition) is 7. The topological polar surface area (TPSA) is 110 Å². The van der Waals surface area contributed by atoms with Crippen LogP contribution in [-0.2, 0) is 4.79 Å². The van der Waals surface area contributed by atoms with Crippen molar-refractivity contribution in [2.24, 2.45) is 0 Å². The van der Waals surface area contributed by atoms with Gasteiger partial charge < -0.3 is 25.2 Å². The molecule has 3 rings (SSSR count). The highest BCUT2D eigenvalue weighted by Gasteiger charge is 2.23. The van der Waals surface area contributed by atoms with Crippen molar-refractivity contribution in [2.45, 2.75) is 6.04 Å². The number of amides is 2. The van der Waals surface area contributed by atoms with Gasteiger partial charge in [0.15, 0.2) is 16.6 Å². The van der Waals surface area contributed by atoms with Crippen LogP contribution in [0.4, 0.5) is 5.13 Å². The molecule has 9 heteroatoms. The number of carbonyl (C=O) groups is 2. The summed E-state index contributed by atoms with van der Waals surface area (Å²) in [5, 5.41) is 16.4. The second kappa shape index (κ2) is 6.63. The first kappa shape index (κ1) is 15.3. The van der Waals surface area contributed by atoms with Crippen LogP contribution >= 0.6 is 11.3 Å². The number of fused-ring (bicyclic) bond motifs is 1. The minimum Gasteiger partial charge on any atom is -0.454 e. The molecule has 0 fully saturated rings. The maximum absolute atomic E-state index is 12.2. The molecule has 2 heterocycles. The molecule has 1 aliphatic rings. The van der Waals surface area contributed by atoms with E-state index in [1.807, 2.05) is 0 Å². The van der Waals surface area contributed by atoms with Gasteiger partial charge in [-0.2, -0.15) is 0 Å². The number of aliphatic hydroxyl groups is 1. The Bertz CT molecular complexity index is 719. The van der Waals surface area contributed by atoms with E-state index in [1.54, 1.807) is 23.7 Å². The van der Waals surface area contributed by atoms with E-state index in [0.29, 0.717) is 22.2 Å². The monoisotopic (exact) mass is 335 g/mol.